The van der Waals surface area contributed by atoms with E-state index in [0.29, 0.717) is 26.2 Å². The molecule has 0 saturated carbocycles. The van der Waals surface area contributed by atoms with Crippen LogP contribution in [-0.4, -0.2) is 58.2 Å². The van der Waals surface area contributed by atoms with Crippen LogP contribution < -0.4 is 10.6 Å². The number of carbonyl (C=O) groups is 1. The first-order chi connectivity index (χ1) is 9.02. The van der Waals surface area contributed by atoms with Crippen molar-refractivity contribution in [3.63, 3.8) is 0 Å². The number of hydrogen-bond donors (Lipinski definition) is 2. The summed E-state index contributed by atoms with van der Waals surface area (Å²) in [6.45, 7) is 4.25. The Labute approximate surface area is 114 Å². The molecule has 7 heteroatoms. The molecule has 2 N–H and O–H groups in total. The average molecular weight is 290 g/mol. The number of hydrogen-bond acceptors (Lipinski definition) is 5. The SMILES string of the molecule is CCNC1COCC1C(=O)NCC1CCS(=O)(=O)C1. The molecule has 2 aliphatic rings. The van der Waals surface area contributed by atoms with E-state index in [1.165, 1.54) is 0 Å². The quantitative estimate of drug-likeness (QED) is 0.690. The summed E-state index contributed by atoms with van der Waals surface area (Å²) in [6.07, 6.45) is 0.653. The van der Waals surface area contributed by atoms with Crippen LogP contribution in [0.4, 0.5) is 0 Å². The van der Waals surface area contributed by atoms with Gasteiger partial charge in [-0.25, -0.2) is 8.42 Å². The van der Waals surface area contributed by atoms with Crippen molar-refractivity contribution in [3.8, 4) is 0 Å². The zero-order chi connectivity index (χ0) is 13.9. The number of ether oxygens (including phenoxy) is 1. The van der Waals surface area contributed by atoms with E-state index in [9.17, 15) is 13.2 Å². The predicted octanol–water partition coefficient (Wildman–Crippen LogP) is -0.838. The van der Waals surface area contributed by atoms with Gasteiger partial charge >= 0.3 is 0 Å². The highest BCUT2D eigenvalue weighted by molar-refractivity contribution is 7.91. The van der Waals surface area contributed by atoms with Gasteiger partial charge in [-0.05, 0) is 18.9 Å². The van der Waals surface area contributed by atoms with Crippen LogP contribution in [0.25, 0.3) is 0 Å². The van der Waals surface area contributed by atoms with Crippen molar-refractivity contribution in [1.29, 1.82) is 0 Å². The van der Waals surface area contributed by atoms with E-state index in [4.69, 9.17) is 4.74 Å². The van der Waals surface area contributed by atoms with Gasteiger partial charge < -0.3 is 15.4 Å². The van der Waals surface area contributed by atoms with Crippen molar-refractivity contribution < 1.29 is 17.9 Å². The van der Waals surface area contributed by atoms with Gasteiger partial charge in [-0.2, -0.15) is 0 Å². The molecule has 0 bridgehead atoms. The summed E-state index contributed by atoms with van der Waals surface area (Å²) in [6, 6.07) is 0.0670. The van der Waals surface area contributed by atoms with Crippen molar-refractivity contribution in [2.24, 2.45) is 11.8 Å². The summed E-state index contributed by atoms with van der Waals surface area (Å²) in [7, 11) is -2.87. The maximum atomic E-state index is 12.1. The molecule has 19 heavy (non-hydrogen) atoms. The third-order valence-electron chi connectivity index (χ3n) is 3.78. The molecule has 110 valence electrons. The molecule has 2 saturated heterocycles. The minimum atomic E-state index is -2.87. The first-order valence-electron chi connectivity index (χ1n) is 6.81. The zero-order valence-electron chi connectivity index (χ0n) is 11.2. The van der Waals surface area contributed by atoms with E-state index in [0.717, 1.165) is 6.54 Å². The molecule has 0 aromatic heterocycles. The van der Waals surface area contributed by atoms with E-state index < -0.39 is 9.84 Å². The van der Waals surface area contributed by atoms with Crippen molar-refractivity contribution in [3.05, 3.63) is 0 Å². The number of likely N-dealkylation sites (N-methyl/N-ethyl adjacent to an activating group) is 1. The molecule has 2 aliphatic heterocycles. The Hall–Kier alpha value is -0.660. The van der Waals surface area contributed by atoms with Gasteiger partial charge in [0.05, 0.1) is 30.6 Å². The van der Waals surface area contributed by atoms with E-state index in [2.05, 4.69) is 10.6 Å². The van der Waals surface area contributed by atoms with Crippen molar-refractivity contribution in [2.75, 3.05) is 37.8 Å². The summed E-state index contributed by atoms with van der Waals surface area (Å²) < 4.78 is 28.0. The topological polar surface area (TPSA) is 84.5 Å². The highest BCUT2D eigenvalue weighted by Gasteiger charge is 2.34. The molecule has 6 nitrogen and oxygen atoms in total. The molecule has 3 atom stereocenters. The van der Waals surface area contributed by atoms with Gasteiger partial charge in [0.2, 0.25) is 5.91 Å². The fourth-order valence-electron chi connectivity index (χ4n) is 2.69. The van der Waals surface area contributed by atoms with Gasteiger partial charge in [0.25, 0.3) is 0 Å². The lowest BCUT2D eigenvalue weighted by Gasteiger charge is -2.18. The fourth-order valence-corrected chi connectivity index (χ4v) is 4.55. The van der Waals surface area contributed by atoms with Gasteiger partial charge in [0.15, 0.2) is 9.84 Å². The molecule has 0 radical (unpaired) electrons. The standard InChI is InChI=1S/C12H22N2O4S/c1-2-13-11-7-18-6-10(11)12(15)14-5-9-3-4-19(16,17)8-9/h9-11,13H,2-8H2,1H3,(H,14,15). The van der Waals surface area contributed by atoms with Crippen LogP contribution in [0.3, 0.4) is 0 Å². The summed E-state index contributed by atoms with van der Waals surface area (Å²) in [5.74, 6) is 0.310. The molecule has 2 heterocycles. The fraction of sp³-hybridized carbons (Fsp3) is 0.917. The third-order valence-corrected chi connectivity index (χ3v) is 5.61. The van der Waals surface area contributed by atoms with Gasteiger partial charge in [0.1, 0.15) is 0 Å². The second-order valence-corrected chi connectivity index (χ2v) is 7.55. The molecular weight excluding hydrogens is 268 g/mol. The molecule has 0 spiro atoms. The second kappa shape index (κ2) is 6.19. The highest BCUT2D eigenvalue weighted by Crippen LogP contribution is 2.18. The minimum Gasteiger partial charge on any atom is -0.379 e. The Balaban J connectivity index is 1.78. The predicted molar refractivity (Wildman–Crippen MR) is 71.5 cm³/mol. The Bertz CT molecular complexity index is 423. The molecule has 0 aliphatic carbocycles. The Morgan fingerprint density at radius 3 is 2.79 bits per heavy atom. The van der Waals surface area contributed by atoms with Gasteiger partial charge in [0, 0.05) is 12.6 Å². The molecule has 0 aromatic carbocycles. The Morgan fingerprint density at radius 2 is 2.16 bits per heavy atom. The average Bonchev–Trinajstić information content (AvgIpc) is 2.93. The largest absolute Gasteiger partial charge is 0.379 e. The Morgan fingerprint density at radius 1 is 1.37 bits per heavy atom. The minimum absolute atomic E-state index is 0.0345. The zero-order valence-corrected chi connectivity index (χ0v) is 12.0. The maximum Gasteiger partial charge on any atom is 0.227 e. The van der Waals surface area contributed by atoms with E-state index in [1.54, 1.807) is 0 Å². The van der Waals surface area contributed by atoms with Crippen LogP contribution in [0.15, 0.2) is 0 Å². The Kier molecular flexibility index (Phi) is 4.81. The van der Waals surface area contributed by atoms with E-state index in [-0.39, 0.29) is 35.3 Å². The molecule has 2 fully saturated rings. The first-order valence-corrected chi connectivity index (χ1v) is 8.63. The summed E-state index contributed by atoms with van der Waals surface area (Å²) in [4.78, 5) is 12.1. The van der Waals surface area contributed by atoms with Gasteiger partial charge in [-0.15, -0.1) is 0 Å². The second-order valence-electron chi connectivity index (χ2n) is 5.32. The molecule has 3 unspecified atom stereocenters. The van der Waals surface area contributed by atoms with E-state index in [1.807, 2.05) is 6.92 Å². The molecular formula is C12H22N2O4S. The van der Waals surface area contributed by atoms with Crippen LogP contribution >= 0.6 is 0 Å². The first kappa shape index (κ1) is 14.7. The lowest BCUT2D eigenvalue weighted by atomic mass is 10.0. The van der Waals surface area contributed by atoms with E-state index >= 15 is 0 Å². The number of sulfone groups is 1. The number of rotatable bonds is 5. The molecule has 0 aromatic rings. The smallest absolute Gasteiger partial charge is 0.227 e. The van der Waals surface area contributed by atoms with Gasteiger partial charge in [-0.3, -0.25) is 4.79 Å². The summed E-state index contributed by atoms with van der Waals surface area (Å²) >= 11 is 0. The van der Waals surface area contributed by atoms with Crippen LogP contribution in [0.5, 0.6) is 0 Å². The highest BCUT2D eigenvalue weighted by atomic mass is 32.2. The van der Waals surface area contributed by atoms with Crippen molar-refractivity contribution in [1.82, 2.24) is 10.6 Å². The number of carbonyl (C=O) groups excluding carboxylic acids is 1. The third kappa shape index (κ3) is 3.90. The monoisotopic (exact) mass is 290 g/mol. The lowest BCUT2D eigenvalue weighted by Crippen LogP contribution is -2.45. The van der Waals surface area contributed by atoms with Gasteiger partial charge in [-0.1, -0.05) is 6.92 Å². The molecule has 2 rings (SSSR count). The number of nitrogens with one attached hydrogen (secondary N) is 2. The van der Waals surface area contributed by atoms with Crippen molar-refractivity contribution in [2.45, 2.75) is 19.4 Å². The lowest BCUT2D eigenvalue weighted by molar-refractivity contribution is -0.125. The van der Waals surface area contributed by atoms with Crippen molar-refractivity contribution >= 4 is 15.7 Å². The van der Waals surface area contributed by atoms with Crippen LogP contribution in [-0.2, 0) is 19.4 Å². The maximum absolute atomic E-state index is 12.1. The molecule has 1 amide bonds. The summed E-state index contributed by atoms with van der Waals surface area (Å²) in [5.41, 5.74) is 0. The van der Waals surface area contributed by atoms with Crippen LogP contribution in [0, 0.1) is 11.8 Å². The van der Waals surface area contributed by atoms with Crippen LogP contribution in [0.2, 0.25) is 0 Å². The number of amides is 1. The normalized spacial score (nSPS) is 33.4. The summed E-state index contributed by atoms with van der Waals surface area (Å²) in [5, 5.41) is 6.10. The van der Waals surface area contributed by atoms with Crippen LogP contribution in [0.1, 0.15) is 13.3 Å².